The summed E-state index contributed by atoms with van der Waals surface area (Å²) in [4.78, 5) is 24.0. The molecular formula is C18H19FN2O4. The van der Waals surface area contributed by atoms with Gasteiger partial charge in [-0.25, -0.2) is 4.39 Å². The Hall–Kier alpha value is -3.09. The third kappa shape index (κ3) is 4.94. The standard InChI is InChI=1S/C18H19FN2O4/c1-11(2)25-13-6-4-12(5-7-13)17(22)20-21-18(23)15-9-8-14(24-3)10-16(15)19/h4-11H,1-3H3,(H,20,22)(H,21,23). The molecule has 0 aliphatic heterocycles. The Kier molecular flexibility index (Phi) is 5.94. The lowest BCUT2D eigenvalue weighted by Crippen LogP contribution is -2.41. The fourth-order valence-corrected chi connectivity index (χ4v) is 2.02. The Balaban J connectivity index is 1.96. The third-order valence-corrected chi connectivity index (χ3v) is 3.20. The van der Waals surface area contributed by atoms with Crippen LogP contribution >= 0.6 is 0 Å². The van der Waals surface area contributed by atoms with E-state index in [4.69, 9.17) is 9.47 Å². The summed E-state index contributed by atoms with van der Waals surface area (Å²) < 4.78 is 24.2. The summed E-state index contributed by atoms with van der Waals surface area (Å²) in [6, 6.07) is 10.2. The highest BCUT2D eigenvalue weighted by atomic mass is 19.1. The molecule has 132 valence electrons. The zero-order valence-corrected chi connectivity index (χ0v) is 14.1. The van der Waals surface area contributed by atoms with Gasteiger partial charge in [0, 0.05) is 11.6 Å². The van der Waals surface area contributed by atoms with Gasteiger partial charge < -0.3 is 9.47 Å². The van der Waals surface area contributed by atoms with Crippen molar-refractivity contribution in [1.29, 1.82) is 0 Å². The van der Waals surface area contributed by atoms with Crippen molar-refractivity contribution in [2.75, 3.05) is 7.11 Å². The van der Waals surface area contributed by atoms with Crippen molar-refractivity contribution in [1.82, 2.24) is 10.9 Å². The van der Waals surface area contributed by atoms with Crippen LogP contribution in [0.15, 0.2) is 42.5 Å². The summed E-state index contributed by atoms with van der Waals surface area (Å²) in [6.45, 7) is 3.79. The largest absolute Gasteiger partial charge is 0.497 e. The SMILES string of the molecule is COc1ccc(C(=O)NNC(=O)c2ccc(OC(C)C)cc2)c(F)c1. The lowest BCUT2D eigenvalue weighted by atomic mass is 10.2. The van der Waals surface area contributed by atoms with Gasteiger partial charge in [-0.05, 0) is 50.2 Å². The van der Waals surface area contributed by atoms with Crippen LogP contribution in [0.5, 0.6) is 11.5 Å². The molecule has 2 N–H and O–H groups in total. The summed E-state index contributed by atoms with van der Waals surface area (Å²) in [5.74, 6) is -1.12. The molecule has 2 rings (SSSR count). The lowest BCUT2D eigenvalue weighted by molar-refractivity contribution is 0.0844. The van der Waals surface area contributed by atoms with E-state index in [1.165, 1.54) is 19.2 Å². The average molecular weight is 346 g/mol. The van der Waals surface area contributed by atoms with Gasteiger partial charge in [0.1, 0.15) is 17.3 Å². The second-order valence-electron chi connectivity index (χ2n) is 5.45. The zero-order valence-electron chi connectivity index (χ0n) is 14.1. The van der Waals surface area contributed by atoms with E-state index in [-0.39, 0.29) is 11.7 Å². The minimum atomic E-state index is -0.770. The first kappa shape index (κ1) is 18.3. The van der Waals surface area contributed by atoms with Crippen LogP contribution in [0.4, 0.5) is 4.39 Å². The van der Waals surface area contributed by atoms with Crippen molar-refractivity contribution in [3.63, 3.8) is 0 Å². The number of carbonyl (C=O) groups excluding carboxylic acids is 2. The van der Waals surface area contributed by atoms with Gasteiger partial charge in [-0.15, -0.1) is 0 Å². The molecule has 0 aliphatic carbocycles. The summed E-state index contributed by atoms with van der Waals surface area (Å²) in [5.41, 5.74) is 4.53. The average Bonchev–Trinajstić information content (AvgIpc) is 2.59. The molecule has 0 saturated heterocycles. The Labute approximate surface area is 144 Å². The van der Waals surface area contributed by atoms with Crippen molar-refractivity contribution >= 4 is 11.8 Å². The van der Waals surface area contributed by atoms with Gasteiger partial charge in [0.2, 0.25) is 0 Å². The number of hydrogen-bond acceptors (Lipinski definition) is 4. The molecule has 2 aromatic carbocycles. The molecule has 2 amide bonds. The number of nitrogens with one attached hydrogen (secondary N) is 2. The maximum absolute atomic E-state index is 13.8. The Morgan fingerprint density at radius 1 is 0.960 bits per heavy atom. The van der Waals surface area contributed by atoms with Gasteiger partial charge in [-0.2, -0.15) is 0 Å². The van der Waals surface area contributed by atoms with Crippen LogP contribution in [-0.2, 0) is 0 Å². The molecule has 2 aromatic rings. The van der Waals surface area contributed by atoms with E-state index in [0.717, 1.165) is 6.07 Å². The molecule has 0 aliphatic rings. The Morgan fingerprint density at radius 2 is 1.56 bits per heavy atom. The highest BCUT2D eigenvalue weighted by molar-refractivity contribution is 5.99. The van der Waals surface area contributed by atoms with Crippen LogP contribution < -0.4 is 20.3 Å². The number of amides is 2. The fraction of sp³-hybridized carbons (Fsp3) is 0.222. The van der Waals surface area contributed by atoms with E-state index in [0.29, 0.717) is 17.1 Å². The number of halogens is 1. The van der Waals surface area contributed by atoms with Crippen molar-refractivity contribution < 1.29 is 23.5 Å². The first-order valence-corrected chi connectivity index (χ1v) is 7.61. The number of carbonyl (C=O) groups is 2. The number of hydrazine groups is 1. The molecule has 0 heterocycles. The van der Waals surface area contributed by atoms with Crippen molar-refractivity contribution in [2.45, 2.75) is 20.0 Å². The lowest BCUT2D eigenvalue weighted by Gasteiger charge is -2.11. The van der Waals surface area contributed by atoms with Gasteiger partial charge >= 0.3 is 0 Å². The van der Waals surface area contributed by atoms with Crippen LogP contribution in [0.2, 0.25) is 0 Å². The van der Waals surface area contributed by atoms with Crippen LogP contribution in [-0.4, -0.2) is 25.0 Å². The molecule has 7 heteroatoms. The highest BCUT2D eigenvalue weighted by Gasteiger charge is 2.14. The Bertz CT molecular complexity index is 760. The number of rotatable bonds is 5. The topological polar surface area (TPSA) is 76.7 Å². The maximum atomic E-state index is 13.8. The van der Waals surface area contributed by atoms with Crippen LogP contribution in [0.3, 0.4) is 0 Å². The predicted molar refractivity (Wildman–Crippen MR) is 90.1 cm³/mol. The van der Waals surface area contributed by atoms with Crippen LogP contribution in [0.1, 0.15) is 34.6 Å². The zero-order chi connectivity index (χ0) is 18.4. The highest BCUT2D eigenvalue weighted by Crippen LogP contribution is 2.16. The maximum Gasteiger partial charge on any atom is 0.272 e. The normalized spacial score (nSPS) is 10.3. The predicted octanol–water partition coefficient (Wildman–Crippen LogP) is 2.70. The van der Waals surface area contributed by atoms with Gasteiger partial charge in [-0.1, -0.05) is 0 Å². The molecule has 0 spiro atoms. The summed E-state index contributed by atoms with van der Waals surface area (Å²) in [6.07, 6.45) is 0.0263. The van der Waals surface area contributed by atoms with E-state index in [2.05, 4.69) is 10.9 Å². The number of hydrogen-bond donors (Lipinski definition) is 2. The minimum absolute atomic E-state index is 0.0263. The molecule has 0 radical (unpaired) electrons. The van der Waals surface area contributed by atoms with E-state index in [1.807, 2.05) is 13.8 Å². The monoisotopic (exact) mass is 346 g/mol. The fourth-order valence-electron chi connectivity index (χ4n) is 2.02. The van der Waals surface area contributed by atoms with Gasteiger partial charge in [0.25, 0.3) is 11.8 Å². The molecule has 0 saturated carbocycles. The first-order valence-electron chi connectivity index (χ1n) is 7.61. The van der Waals surface area contributed by atoms with Crippen molar-refractivity contribution in [2.24, 2.45) is 0 Å². The molecule has 0 unspecified atom stereocenters. The van der Waals surface area contributed by atoms with Gasteiger partial charge in [0.05, 0.1) is 18.8 Å². The van der Waals surface area contributed by atoms with E-state index in [1.54, 1.807) is 24.3 Å². The third-order valence-electron chi connectivity index (χ3n) is 3.20. The summed E-state index contributed by atoms with van der Waals surface area (Å²) in [7, 11) is 1.40. The second-order valence-corrected chi connectivity index (χ2v) is 5.45. The molecule has 0 bridgehead atoms. The Morgan fingerprint density at radius 3 is 2.12 bits per heavy atom. The van der Waals surface area contributed by atoms with Crippen LogP contribution in [0.25, 0.3) is 0 Å². The van der Waals surface area contributed by atoms with Gasteiger partial charge in [0.15, 0.2) is 0 Å². The van der Waals surface area contributed by atoms with Crippen molar-refractivity contribution in [3.05, 3.63) is 59.4 Å². The number of ether oxygens (including phenoxy) is 2. The van der Waals surface area contributed by atoms with Crippen molar-refractivity contribution in [3.8, 4) is 11.5 Å². The molecule has 25 heavy (non-hydrogen) atoms. The number of methoxy groups -OCH3 is 1. The molecule has 0 aromatic heterocycles. The molecule has 6 nitrogen and oxygen atoms in total. The first-order chi connectivity index (χ1) is 11.9. The quantitative estimate of drug-likeness (QED) is 0.816. The van der Waals surface area contributed by atoms with E-state index in [9.17, 15) is 14.0 Å². The second kappa shape index (κ2) is 8.14. The number of benzene rings is 2. The minimum Gasteiger partial charge on any atom is -0.497 e. The molecule has 0 fully saturated rings. The molecular weight excluding hydrogens is 327 g/mol. The van der Waals surface area contributed by atoms with E-state index < -0.39 is 17.6 Å². The summed E-state index contributed by atoms with van der Waals surface area (Å²) in [5, 5.41) is 0. The van der Waals surface area contributed by atoms with Gasteiger partial charge in [-0.3, -0.25) is 20.4 Å². The smallest absolute Gasteiger partial charge is 0.272 e. The van der Waals surface area contributed by atoms with E-state index >= 15 is 0 Å². The summed E-state index contributed by atoms with van der Waals surface area (Å²) >= 11 is 0. The van der Waals surface area contributed by atoms with Crippen LogP contribution in [0, 0.1) is 5.82 Å². The molecule has 0 atom stereocenters.